The Bertz CT molecular complexity index is 527. The van der Waals surface area contributed by atoms with E-state index in [2.05, 4.69) is 21.2 Å². The van der Waals surface area contributed by atoms with Crippen LogP contribution < -0.4 is 5.32 Å². The first-order valence-electron chi connectivity index (χ1n) is 7.63. The van der Waals surface area contributed by atoms with Crippen LogP contribution in [0.15, 0.2) is 22.7 Å². The van der Waals surface area contributed by atoms with E-state index in [0.717, 1.165) is 42.9 Å². The van der Waals surface area contributed by atoms with Crippen LogP contribution in [0.2, 0.25) is 5.02 Å². The van der Waals surface area contributed by atoms with Gasteiger partial charge >= 0.3 is 0 Å². The second-order valence-electron chi connectivity index (χ2n) is 5.96. The van der Waals surface area contributed by atoms with Gasteiger partial charge in [-0.2, -0.15) is 0 Å². The van der Waals surface area contributed by atoms with E-state index in [4.69, 9.17) is 11.6 Å². The Morgan fingerprint density at radius 1 is 1.27 bits per heavy atom. The van der Waals surface area contributed by atoms with Crippen molar-refractivity contribution in [3.63, 3.8) is 0 Å². The number of amides is 1. The maximum absolute atomic E-state index is 12.5. The highest BCUT2D eigenvalue weighted by atomic mass is 79.9. The molecule has 2 heterocycles. The van der Waals surface area contributed by atoms with Gasteiger partial charge in [-0.3, -0.25) is 4.79 Å². The van der Waals surface area contributed by atoms with E-state index in [1.54, 1.807) is 12.1 Å². The lowest BCUT2D eigenvalue weighted by molar-refractivity contribution is 0.0674. The first-order chi connectivity index (χ1) is 10.1. The fraction of sp³-hybridized carbons (Fsp3) is 0.562. The molecule has 3 rings (SSSR count). The van der Waals surface area contributed by atoms with Crippen LogP contribution in [0.4, 0.5) is 0 Å². The van der Waals surface area contributed by atoms with Crippen molar-refractivity contribution < 1.29 is 4.79 Å². The van der Waals surface area contributed by atoms with E-state index in [-0.39, 0.29) is 18.3 Å². The summed E-state index contributed by atoms with van der Waals surface area (Å²) < 4.78 is 0.778. The fourth-order valence-corrected chi connectivity index (χ4v) is 3.93. The van der Waals surface area contributed by atoms with Crippen LogP contribution in [0.5, 0.6) is 0 Å². The fourth-order valence-electron chi connectivity index (χ4n) is 3.43. The quantitative estimate of drug-likeness (QED) is 0.799. The zero-order valence-electron chi connectivity index (χ0n) is 12.4. The van der Waals surface area contributed by atoms with E-state index in [0.29, 0.717) is 16.6 Å². The second kappa shape index (κ2) is 8.00. The predicted molar refractivity (Wildman–Crippen MR) is 96.1 cm³/mol. The highest BCUT2D eigenvalue weighted by Crippen LogP contribution is 2.28. The topological polar surface area (TPSA) is 32.3 Å². The molecule has 0 spiro atoms. The van der Waals surface area contributed by atoms with Crippen LogP contribution in [0, 0.1) is 5.92 Å². The molecule has 0 bridgehead atoms. The molecule has 2 saturated heterocycles. The van der Waals surface area contributed by atoms with Gasteiger partial charge in [0.25, 0.3) is 5.91 Å². The maximum atomic E-state index is 12.5. The lowest BCUT2D eigenvalue weighted by Crippen LogP contribution is -2.43. The minimum Gasteiger partial charge on any atom is -0.339 e. The lowest BCUT2D eigenvalue weighted by atomic mass is 9.88. The Balaban J connectivity index is 0.00000176. The molecule has 0 aliphatic carbocycles. The molecular weight excluding hydrogens is 387 g/mol. The van der Waals surface area contributed by atoms with Crippen molar-refractivity contribution >= 4 is 45.8 Å². The van der Waals surface area contributed by atoms with Crippen LogP contribution >= 0.6 is 39.9 Å². The Labute approximate surface area is 151 Å². The van der Waals surface area contributed by atoms with Crippen molar-refractivity contribution in [3.05, 3.63) is 33.3 Å². The molecule has 1 N–H and O–H groups in total. The Hall–Kier alpha value is -0.290. The van der Waals surface area contributed by atoms with Crippen molar-refractivity contribution in [3.8, 4) is 0 Å². The highest BCUT2D eigenvalue weighted by Gasteiger charge is 2.30. The smallest absolute Gasteiger partial charge is 0.253 e. The van der Waals surface area contributed by atoms with Crippen molar-refractivity contribution in [2.45, 2.75) is 31.7 Å². The van der Waals surface area contributed by atoms with Gasteiger partial charge in [-0.15, -0.1) is 12.4 Å². The summed E-state index contributed by atoms with van der Waals surface area (Å²) in [6.07, 6.45) is 4.81. The number of rotatable bonds is 2. The van der Waals surface area contributed by atoms with Gasteiger partial charge in [0.1, 0.15) is 0 Å². The molecule has 1 unspecified atom stereocenters. The lowest BCUT2D eigenvalue weighted by Gasteiger charge is -2.35. The van der Waals surface area contributed by atoms with Gasteiger partial charge in [-0.1, -0.05) is 11.6 Å². The number of piperidine rings is 1. The number of likely N-dealkylation sites (tertiary alicyclic amines) is 1. The number of nitrogens with zero attached hydrogens (tertiary/aromatic N) is 1. The summed E-state index contributed by atoms with van der Waals surface area (Å²) in [5.41, 5.74) is 0.712. The van der Waals surface area contributed by atoms with E-state index < -0.39 is 0 Å². The molecule has 22 heavy (non-hydrogen) atoms. The predicted octanol–water partition coefficient (Wildman–Crippen LogP) is 4.13. The molecule has 2 aliphatic heterocycles. The number of carbonyl (C=O) groups excluding carboxylic acids is 1. The molecule has 1 atom stereocenters. The molecule has 0 saturated carbocycles. The van der Waals surface area contributed by atoms with Crippen LogP contribution in [0.1, 0.15) is 36.0 Å². The monoisotopic (exact) mass is 406 g/mol. The van der Waals surface area contributed by atoms with Crippen molar-refractivity contribution in [2.75, 3.05) is 19.6 Å². The van der Waals surface area contributed by atoms with Crippen molar-refractivity contribution in [1.29, 1.82) is 0 Å². The van der Waals surface area contributed by atoms with E-state index in [9.17, 15) is 4.79 Å². The average molecular weight is 408 g/mol. The molecule has 1 aromatic rings. The normalized spacial score (nSPS) is 22.5. The van der Waals surface area contributed by atoms with Gasteiger partial charge in [0.05, 0.1) is 5.02 Å². The summed E-state index contributed by atoms with van der Waals surface area (Å²) in [4.78, 5) is 14.5. The number of halogens is 3. The molecule has 2 aliphatic rings. The minimum absolute atomic E-state index is 0. The van der Waals surface area contributed by atoms with E-state index >= 15 is 0 Å². The summed E-state index contributed by atoms with van der Waals surface area (Å²) in [6, 6.07) is 6.07. The molecule has 122 valence electrons. The van der Waals surface area contributed by atoms with Gasteiger partial charge in [0, 0.05) is 29.2 Å². The SMILES string of the molecule is Cl.O=C(c1ccc(Cl)c(Br)c1)N1CCC(C2CCCN2)CC1. The number of carbonyl (C=O) groups is 1. The van der Waals surface area contributed by atoms with Gasteiger partial charge < -0.3 is 10.2 Å². The first-order valence-corrected chi connectivity index (χ1v) is 8.80. The summed E-state index contributed by atoms with van der Waals surface area (Å²) in [5.74, 6) is 0.846. The summed E-state index contributed by atoms with van der Waals surface area (Å²) in [6.45, 7) is 2.88. The highest BCUT2D eigenvalue weighted by molar-refractivity contribution is 9.10. The molecule has 3 nitrogen and oxygen atoms in total. The van der Waals surface area contributed by atoms with Gasteiger partial charge in [-0.25, -0.2) is 0 Å². The third-order valence-electron chi connectivity index (χ3n) is 4.66. The molecule has 0 radical (unpaired) electrons. The van der Waals surface area contributed by atoms with E-state index in [1.807, 2.05) is 11.0 Å². The summed E-state index contributed by atoms with van der Waals surface area (Å²) in [5, 5.41) is 4.23. The zero-order valence-corrected chi connectivity index (χ0v) is 15.5. The van der Waals surface area contributed by atoms with Crippen molar-refractivity contribution in [2.24, 2.45) is 5.92 Å². The third kappa shape index (κ3) is 3.97. The Morgan fingerprint density at radius 3 is 2.59 bits per heavy atom. The molecule has 2 fully saturated rings. The number of hydrogen-bond acceptors (Lipinski definition) is 2. The zero-order chi connectivity index (χ0) is 14.8. The number of hydrogen-bond donors (Lipinski definition) is 1. The van der Waals surface area contributed by atoms with Gasteiger partial charge in [-0.05, 0) is 72.3 Å². The first kappa shape index (κ1) is 18.1. The molecular formula is C16H21BrCl2N2O. The van der Waals surface area contributed by atoms with Gasteiger partial charge in [0.15, 0.2) is 0 Å². The second-order valence-corrected chi connectivity index (χ2v) is 7.22. The number of benzene rings is 1. The average Bonchev–Trinajstić information content (AvgIpc) is 3.04. The molecule has 1 aromatic carbocycles. The Kier molecular flexibility index (Phi) is 6.57. The Morgan fingerprint density at radius 2 is 2.00 bits per heavy atom. The largest absolute Gasteiger partial charge is 0.339 e. The minimum atomic E-state index is 0. The van der Waals surface area contributed by atoms with Crippen LogP contribution in [0.3, 0.4) is 0 Å². The molecule has 1 amide bonds. The van der Waals surface area contributed by atoms with Crippen LogP contribution in [-0.2, 0) is 0 Å². The maximum Gasteiger partial charge on any atom is 0.253 e. The van der Waals surface area contributed by atoms with Gasteiger partial charge in [0.2, 0.25) is 0 Å². The molecule has 6 heteroatoms. The van der Waals surface area contributed by atoms with Crippen LogP contribution in [-0.4, -0.2) is 36.5 Å². The van der Waals surface area contributed by atoms with Crippen LogP contribution in [0.25, 0.3) is 0 Å². The molecule has 0 aromatic heterocycles. The summed E-state index contributed by atoms with van der Waals surface area (Å²) >= 11 is 9.37. The van der Waals surface area contributed by atoms with E-state index in [1.165, 1.54) is 12.8 Å². The third-order valence-corrected chi connectivity index (χ3v) is 5.87. The summed E-state index contributed by atoms with van der Waals surface area (Å²) in [7, 11) is 0. The van der Waals surface area contributed by atoms with Crippen molar-refractivity contribution in [1.82, 2.24) is 10.2 Å². The number of nitrogens with one attached hydrogen (secondary N) is 1. The standard InChI is InChI=1S/C16H20BrClN2O.ClH/c17-13-10-12(3-4-14(13)18)16(21)20-8-5-11(6-9-20)15-2-1-7-19-15;/h3-4,10-11,15,19H,1-2,5-9H2;1H.